The van der Waals surface area contributed by atoms with Crippen LogP contribution in [0.15, 0.2) is 18.3 Å². The van der Waals surface area contributed by atoms with Gasteiger partial charge in [-0.25, -0.2) is 4.98 Å². The van der Waals surface area contributed by atoms with Crippen molar-refractivity contribution in [2.45, 2.75) is 25.4 Å². The number of methoxy groups -OCH3 is 1. The van der Waals surface area contributed by atoms with Gasteiger partial charge < -0.3 is 9.84 Å². The second kappa shape index (κ2) is 5.27. The normalized spacial score (nSPS) is 21.2. The fourth-order valence-corrected chi connectivity index (χ4v) is 2.26. The Labute approximate surface area is 95.9 Å². The first-order valence-electron chi connectivity index (χ1n) is 5.68. The molecule has 0 bridgehead atoms. The zero-order valence-corrected chi connectivity index (χ0v) is 9.59. The summed E-state index contributed by atoms with van der Waals surface area (Å²) in [5, 5.41) is 9.25. The van der Waals surface area contributed by atoms with Crippen molar-refractivity contribution in [2.75, 3.05) is 20.3 Å². The Kier molecular flexibility index (Phi) is 3.74. The Morgan fingerprint density at radius 1 is 1.62 bits per heavy atom. The molecular formula is C12H18N2O2. The number of hydrogen-bond acceptors (Lipinski definition) is 4. The van der Waals surface area contributed by atoms with E-state index in [1.807, 2.05) is 12.1 Å². The van der Waals surface area contributed by atoms with Crippen LogP contribution >= 0.6 is 0 Å². The van der Waals surface area contributed by atoms with Gasteiger partial charge in [-0.05, 0) is 25.5 Å². The van der Waals surface area contributed by atoms with Crippen LogP contribution in [0.5, 0.6) is 5.88 Å². The molecule has 0 amide bonds. The smallest absolute Gasteiger partial charge is 0.217 e. The lowest BCUT2D eigenvalue weighted by Gasteiger charge is -2.23. The van der Waals surface area contributed by atoms with E-state index in [2.05, 4.69) is 9.88 Å². The van der Waals surface area contributed by atoms with Gasteiger partial charge in [0.2, 0.25) is 5.88 Å². The van der Waals surface area contributed by atoms with E-state index in [-0.39, 0.29) is 6.61 Å². The van der Waals surface area contributed by atoms with Gasteiger partial charge in [0.25, 0.3) is 0 Å². The fourth-order valence-electron chi connectivity index (χ4n) is 2.26. The van der Waals surface area contributed by atoms with E-state index in [0.717, 1.165) is 31.5 Å². The maximum Gasteiger partial charge on any atom is 0.217 e. The topological polar surface area (TPSA) is 45.6 Å². The summed E-state index contributed by atoms with van der Waals surface area (Å²) in [6, 6.07) is 4.24. The molecular weight excluding hydrogens is 204 g/mol. The molecule has 2 rings (SSSR count). The summed E-state index contributed by atoms with van der Waals surface area (Å²) < 4.78 is 5.22. The maximum absolute atomic E-state index is 9.25. The summed E-state index contributed by atoms with van der Waals surface area (Å²) in [7, 11) is 1.64. The number of likely N-dealkylation sites (tertiary alicyclic amines) is 1. The van der Waals surface area contributed by atoms with E-state index >= 15 is 0 Å². The van der Waals surface area contributed by atoms with Gasteiger partial charge in [0.15, 0.2) is 0 Å². The average Bonchev–Trinajstić information content (AvgIpc) is 2.77. The summed E-state index contributed by atoms with van der Waals surface area (Å²) in [6.45, 7) is 2.09. The summed E-state index contributed by atoms with van der Waals surface area (Å²) in [4.78, 5) is 6.47. The molecule has 4 nitrogen and oxygen atoms in total. The highest BCUT2D eigenvalue weighted by Crippen LogP contribution is 2.22. The van der Waals surface area contributed by atoms with Crippen LogP contribution in [0, 0.1) is 0 Å². The van der Waals surface area contributed by atoms with Crippen LogP contribution in [0.2, 0.25) is 0 Å². The van der Waals surface area contributed by atoms with Gasteiger partial charge >= 0.3 is 0 Å². The lowest BCUT2D eigenvalue weighted by Crippen LogP contribution is -2.31. The molecule has 16 heavy (non-hydrogen) atoms. The van der Waals surface area contributed by atoms with Crippen LogP contribution in [-0.4, -0.2) is 41.3 Å². The van der Waals surface area contributed by atoms with Crippen LogP contribution in [0.25, 0.3) is 0 Å². The number of rotatable bonds is 4. The van der Waals surface area contributed by atoms with Crippen LogP contribution in [0.1, 0.15) is 18.4 Å². The third-order valence-corrected chi connectivity index (χ3v) is 3.13. The van der Waals surface area contributed by atoms with Gasteiger partial charge in [-0.1, -0.05) is 6.07 Å². The molecule has 1 aliphatic heterocycles. The predicted octanol–water partition coefficient (Wildman–Crippen LogP) is 1.05. The van der Waals surface area contributed by atoms with Crippen LogP contribution in [-0.2, 0) is 6.54 Å². The number of pyridine rings is 1. The van der Waals surface area contributed by atoms with Gasteiger partial charge in [-0.2, -0.15) is 0 Å². The predicted molar refractivity (Wildman–Crippen MR) is 61.3 cm³/mol. The molecule has 1 atom stereocenters. The first-order valence-corrected chi connectivity index (χ1v) is 5.68. The lowest BCUT2D eigenvalue weighted by molar-refractivity contribution is 0.152. The quantitative estimate of drug-likeness (QED) is 0.827. The van der Waals surface area contributed by atoms with E-state index in [0.29, 0.717) is 11.9 Å². The molecule has 0 radical (unpaired) electrons. The maximum atomic E-state index is 9.25. The molecule has 1 fully saturated rings. The van der Waals surface area contributed by atoms with Crippen molar-refractivity contribution in [2.24, 2.45) is 0 Å². The highest BCUT2D eigenvalue weighted by atomic mass is 16.5. The van der Waals surface area contributed by atoms with Crippen molar-refractivity contribution in [3.63, 3.8) is 0 Å². The largest absolute Gasteiger partial charge is 0.481 e. The summed E-state index contributed by atoms with van der Waals surface area (Å²) in [5.74, 6) is 0.686. The second-order valence-electron chi connectivity index (χ2n) is 4.12. The molecule has 1 aromatic rings. The van der Waals surface area contributed by atoms with Crippen molar-refractivity contribution < 1.29 is 9.84 Å². The molecule has 0 aromatic carbocycles. The first-order chi connectivity index (χ1) is 7.85. The highest BCUT2D eigenvalue weighted by molar-refractivity contribution is 5.25. The third-order valence-electron chi connectivity index (χ3n) is 3.13. The van der Waals surface area contributed by atoms with Crippen molar-refractivity contribution in [3.8, 4) is 5.88 Å². The zero-order valence-electron chi connectivity index (χ0n) is 9.59. The molecule has 88 valence electrons. The third kappa shape index (κ3) is 2.33. The molecule has 1 saturated heterocycles. The number of aromatic nitrogens is 1. The van der Waals surface area contributed by atoms with Crippen LogP contribution < -0.4 is 4.74 Å². The van der Waals surface area contributed by atoms with Gasteiger partial charge in [0.05, 0.1) is 13.7 Å². The standard InChI is InChI=1S/C12H18N2O2/c1-16-12-10(4-2-6-13-12)8-14-7-3-5-11(14)9-15/h2,4,6,11,15H,3,5,7-9H2,1H3/t11-/m1/s1. The first kappa shape index (κ1) is 11.4. The van der Waals surface area contributed by atoms with Gasteiger partial charge in [0, 0.05) is 24.3 Å². The number of ether oxygens (including phenoxy) is 1. The summed E-state index contributed by atoms with van der Waals surface area (Å²) >= 11 is 0. The van der Waals surface area contributed by atoms with E-state index in [1.54, 1.807) is 13.3 Å². The summed E-state index contributed by atoms with van der Waals surface area (Å²) in [5.41, 5.74) is 1.09. The number of hydrogen-bond donors (Lipinski definition) is 1. The number of nitrogens with zero attached hydrogens (tertiary/aromatic N) is 2. The fraction of sp³-hybridized carbons (Fsp3) is 0.583. The molecule has 2 heterocycles. The molecule has 1 N–H and O–H groups in total. The highest BCUT2D eigenvalue weighted by Gasteiger charge is 2.24. The van der Waals surface area contributed by atoms with Gasteiger partial charge in [-0.3, -0.25) is 4.90 Å². The minimum absolute atomic E-state index is 0.239. The van der Waals surface area contributed by atoms with Crippen molar-refractivity contribution >= 4 is 0 Å². The molecule has 4 heteroatoms. The molecule has 1 aromatic heterocycles. The van der Waals surface area contributed by atoms with Crippen LogP contribution in [0.4, 0.5) is 0 Å². The Bertz CT molecular complexity index is 344. The Balaban J connectivity index is 2.08. The monoisotopic (exact) mass is 222 g/mol. The van der Waals surface area contributed by atoms with Crippen LogP contribution in [0.3, 0.4) is 0 Å². The average molecular weight is 222 g/mol. The van der Waals surface area contributed by atoms with Crippen molar-refractivity contribution in [1.82, 2.24) is 9.88 Å². The van der Waals surface area contributed by atoms with Crippen molar-refractivity contribution in [3.05, 3.63) is 23.9 Å². The Hall–Kier alpha value is -1.13. The Morgan fingerprint density at radius 2 is 2.50 bits per heavy atom. The van der Waals surface area contributed by atoms with Gasteiger partial charge in [-0.15, -0.1) is 0 Å². The van der Waals surface area contributed by atoms with E-state index < -0.39 is 0 Å². The minimum Gasteiger partial charge on any atom is -0.481 e. The lowest BCUT2D eigenvalue weighted by atomic mass is 10.2. The number of aliphatic hydroxyl groups excluding tert-OH is 1. The molecule has 1 aliphatic rings. The van der Waals surface area contributed by atoms with E-state index in [1.165, 1.54) is 0 Å². The zero-order chi connectivity index (χ0) is 11.4. The molecule has 0 aliphatic carbocycles. The second-order valence-corrected chi connectivity index (χ2v) is 4.12. The minimum atomic E-state index is 0.239. The van der Waals surface area contributed by atoms with Gasteiger partial charge in [0.1, 0.15) is 0 Å². The summed E-state index contributed by atoms with van der Waals surface area (Å²) in [6.07, 6.45) is 3.97. The molecule has 0 saturated carbocycles. The van der Waals surface area contributed by atoms with E-state index in [9.17, 15) is 5.11 Å². The van der Waals surface area contributed by atoms with E-state index in [4.69, 9.17) is 4.74 Å². The molecule has 0 unspecified atom stereocenters. The SMILES string of the molecule is COc1ncccc1CN1CCC[C@@H]1CO. The molecule has 0 spiro atoms. The number of aliphatic hydroxyl groups is 1. The Morgan fingerprint density at radius 3 is 3.25 bits per heavy atom. The van der Waals surface area contributed by atoms with Crippen molar-refractivity contribution in [1.29, 1.82) is 0 Å².